The molecule has 3 nitrogen and oxygen atoms in total. The fourth-order valence-electron chi connectivity index (χ4n) is 0.644. The molecule has 1 aromatic heterocycles. The van der Waals surface area contributed by atoms with E-state index in [1.165, 1.54) is 0 Å². The Morgan fingerprint density at radius 3 is 2.42 bits per heavy atom. The highest BCUT2D eigenvalue weighted by Gasteiger charge is 2.16. The van der Waals surface area contributed by atoms with Crippen molar-refractivity contribution in [2.24, 2.45) is 0 Å². The Kier molecular flexibility index (Phi) is 2.46. The van der Waals surface area contributed by atoms with Crippen LogP contribution in [0.2, 0.25) is 0 Å². The minimum Gasteiger partial charge on any atom is -0.506 e. The zero-order valence-corrected chi connectivity index (χ0v) is 7.22. The second-order valence-electron chi connectivity index (χ2n) is 2.00. The molecular formula is C6H4BrF2NO2. The monoisotopic (exact) mass is 239 g/mol. The van der Waals surface area contributed by atoms with Crippen molar-refractivity contribution in [2.75, 3.05) is 0 Å². The first-order valence-electron chi connectivity index (χ1n) is 2.89. The number of nitrogens with zero attached hydrogens (tertiary/aromatic N) is 1. The number of alkyl halides is 2. The van der Waals surface area contributed by atoms with E-state index in [9.17, 15) is 8.78 Å². The second-order valence-corrected chi connectivity index (χ2v) is 2.75. The summed E-state index contributed by atoms with van der Waals surface area (Å²) in [4.78, 5) is 3.24. The Morgan fingerprint density at radius 2 is 1.92 bits per heavy atom. The predicted octanol–water partition coefficient (Wildman–Crippen LogP) is 2.19. The van der Waals surface area contributed by atoms with Crippen LogP contribution in [0.4, 0.5) is 8.78 Å². The summed E-state index contributed by atoms with van der Waals surface area (Å²) in [7, 11) is 0. The van der Waals surface area contributed by atoms with E-state index in [4.69, 9.17) is 10.2 Å². The molecule has 12 heavy (non-hydrogen) atoms. The highest BCUT2D eigenvalue weighted by molar-refractivity contribution is 9.10. The van der Waals surface area contributed by atoms with Crippen molar-refractivity contribution in [1.29, 1.82) is 0 Å². The number of halogens is 3. The molecule has 0 aliphatic heterocycles. The first kappa shape index (κ1) is 9.18. The summed E-state index contributed by atoms with van der Waals surface area (Å²) in [6, 6.07) is 0.804. The molecule has 0 radical (unpaired) electrons. The molecule has 0 aromatic carbocycles. The normalized spacial score (nSPS) is 10.7. The van der Waals surface area contributed by atoms with Gasteiger partial charge in [0.1, 0.15) is 16.0 Å². The van der Waals surface area contributed by atoms with Gasteiger partial charge in [-0.25, -0.2) is 13.8 Å². The molecule has 1 heterocycles. The van der Waals surface area contributed by atoms with Gasteiger partial charge in [-0.3, -0.25) is 0 Å². The van der Waals surface area contributed by atoms with Crippen LogP contribution in [-0.2, 0) is 0 Å². The Morgan fingerprint density at radius 1 is 1.33 bits per heavy atom. The van der Waals surface area contributed by atoms with Crippen molar-refractivity contribution in [3.05, 3.63) is 16.4 Å². The third kappa shape index (κ3) is 1.63. The van der Waals surface area contributed by atoms with Crippen molar-refractivity contribution in [1.82, 2.24) is 4.98 Å². The number of hydrogen-bond donors (Lipinski definition) is 2. The van der Waals surface area contributed by atoms with Crippen LogP contribution in [0.15, 0.2) is 10.7 Å². The molecule has 1 rings (SSSR count). The van der Waals surface area contributed by atoms with Crippen molar-refractivity contribution in [3.8, 4) is 11.5 Å². The van der Waals surface area contributed by atoms with Gasteiger partial charge in [-0.05, 0) is 15.9 Å². The minimum absolute atomic E-state index is 0.115. The molecule has 6 heteroatoms. The Hall–Kier alpha value is -0.910. The first-order valence-corrected chi connectivity index (χ1v) is 3.68. The second kappa shape index (κ2) is 3.22. The van der Waals surface area contributed by atoms with Gasteiger partial charge < -0.3 is 10.2 Å². The Labute approximate surface area is 74.8 Å². The highest BCUT2D eigenvalue weighted by Crippen LogP contribution is 2.32. The number of aromatic nitrogens is 1. The fraction of sp³-hybridized carbons (Fsp3) is 0.167. The van der Waals surface area contributed by atoms with Crippen molar-refractivity contribution in [3.63, 3.8) is 0 Å². The van der Waals surface area contributed by atoms with Gasteiger partial charge in [-0.15, -0.1) is 0 Å². The maximum atomic E-state index is 12.0. The number of hydrogen-bond acceptors (Lipinski definition) is 3. The number of rotatable bonds is 1. The van der Waals surface area contributed by atoms with Gasteiger partial charge in [-0.1, -0.05) is 0 Å². The third-order valence-corrected chi connectivity index (χ3v) is 1.76. The smallest absolute Gasteiger partial charge is 0.284 e. The molecule has 0 spiro atoms. The first-order chi connectivity index (χ1) is 5.52. The average molecular weight is 240 g/mol. The molecule has 0 bridgehead atoms. The molecule has 0 unspecified atom stereocenters. The lowest BCUT2D eigenvalue weighted by Crippen LogP contribution is -1.91. The average Bonchev–Trinajstić information content (AvgIpc) is 1.96. The Bertz CT molecular complexity index is 306. The zero-order chi connectivity index (χ0) is 9.30. The largest absolute Gasteiger partial charge is 0.506 e. The molecule has 0 aliphatic rings. The van der Waals surface area contributed by atoms with E-state index in [2.05, 4.69) is 20.9 Å². The van der Waals surface area contributed by atoms with Crippen LogP contribution in [0.3, 0.4) is 0 Å². The van der Waals surface area contributed by atoms with Crippen LogP contribution in [0, 0.1) is 0 Å². The van der Waals surface area contributed by atoms with E-state index in [0.717, 1.165) is 6.07 Å². The molecule has 0 saturated carbocycles. The van der Waals surface area contributed by atoms with Gasteiger partial charge in [0.15, 0.2) is 5.75 Å². The lowest BCUT2D eigenvalue weighted by atomic mass is 10.3. The maximum absolute atomic E-state index is 12.0. The molecule has 0 fully saturated rings. The van der Waals surface area contributed by atoms with E-state index < -0.39 is 17.9 Å². The predicted molar refractivity (Wildman–Crippen MR) is 40.2 cm³/mol. The number of aromatic hydroxyl groups is 2. The van der Waals surface area contributed by atoms with E-state index in [1.54, 1.807) is 0 Å². The standard InChI is InChI=1S/C6H4BrF2NO2/c7-5-3(12)1-2(11)4(10-5)6(8)9/h1,6,11-12H. The van der Waals surface area contributed by atoms with Crippen LogP contribution in [0.5, 0.6) is 11.5 Å². The summed E-state index contributed by atoms with van der Waals surface area (Å²) in [5.41, 5.74) is -0.750. The van der Waals surface area contributed by atoms with Gasteiger partial charge in [0.2, 0.25) is 0 Å². The summed E-state index contributed by atoms with van der Waals surface area (Å²) < 4.78 is 23.9. The number of pyridine rings is 1. The van der Waals surface area contributed by atoms with Gasteiger partial charge in [0.25, 0.3) is 6.43 Å². The van der Waals surface area contributed by atoms with Gasteiger partial charge in [0, 0.05) is 6.07 Å². The van der Waals surface area contributed by atoms with E-state index in [1.807, 2.05) is 0 Å². The van der Waals surface area contributed by atoms with Crippen molar-refractivity contribution in [2.45, 2.75) is 6.43 Å². The molecule has 2 N–H and O–H groups in total. The van der Waals surface area contributed by atoms with Gasteiger partial charge in [-0.2, -0.15) is 0 Å². The molecule has 0 atom stereocenters. The molecular weight excluding hydrogens is 236 g/mol. The molecule has 0 amide bonds. The van der Waals surface area contributed by atoms with E-state index in [0.29, 0.717) is 0 Å². The summed E-state index contributed by atoms with van der Waals surface area (Å²) in [5, 5.41) is 17.8. The quantitative estimate of drug-likeness (QED) is 0.739. The third-order valence-electron chi connectivity index (χ3n) is 1.17. The molecule has 1 aromatic rings. The SMILES string of the molecule is Oc1cc(O)c(C(F)F)nc1Br. The molecule has 0 saturated heterocycles. The van der Waals surface area contributed by atoms with E-state index >= 15 is 0 Å². The van der Waals surface area contributed by atoms with E-state index in [-0.39, 0.29) is 10.4 Å². The molecule has 0 aliphatic carbocycles. The summed E-state index contributed by atoms with van der Waals surface area (Å²) in [6.45, 7) is 0. The topological polar surface area (TPSA) is 53.4 Å². The van der Waals surface area contributed by atoms with Crippen molar-refractivity contribution >= 4 is 15.9 Å². The molecule has 66 valence electrons. The minimum atomic E-state index is -2.86. The van der Waals surface area contributed by atoms with Crippen LogP contribution >= 0.6 is 15.9 Å². The lowest BCUT2D eigenvalue weighted by Gasteiger charge is -2.03. The van der Waals surface area contributed by atoms with Gasteiger partial charge >= 0.3 is 0 Å². The highest BCUT2D eigenvalue weighted by atomic mass is 79.9. The van der Waals surface area contributed by atoms with Crippen LogP contribution in [0.25, 0.3) is 0 Å². The van der Waals surface area contributed by atoms with Crippen LogP contribution in [0.1, 0.15) is 12.1 Å². The van der Waals surface area contributed by atoms with Crippen LogP contribution < -0.4 is 0 Å². The summed E-state index contributed by atoms with van der Waals surface area (Å²) >= 11 is 2.74. The summed E-state index contributed by atoms with van der Waals surface area (Å²) in [5.74, 6) is -1.09. The fourth-order valence-corrected chi connectivity index (χ4v) is 0.949. The Balaban J connectivity index is 3.23. The van der Waals surface area contributed by atoms with Gasteiger partial charge in [0.05, 0.1) is 0 Å². The lowest BCUT2D eigenvalue weighted by molar-refractivity contribution is 0.141. The maximum Gasteiger partial charge on any atom is 0.284 e. The van der Waals surface area contributed by atoms with Crippen LogP contribution in [-0.4, -0.2) is 15.2 Å². The summed E-state index contributed by atoms with van der Waals surface area (Å²) in [6.07, 6.45) is -2.86. The zero-order valence-electron chi connectivity index (χ0n) is 5.63. The van der Waals surface area contributed by atoms with Crippen molar-refractivity contribution < 1.29 is 19.0 Å².